The lowest BCUT2D eigenvalue weighted by molar-refractivity contribution is -0.130. The van der Waals surface area contributed by atoms with Crippen LogP contribution in [0.15, 0.2) is 24.3 Å². The smallest absolute Gasteiger partial charge is 0.408 e. The van der Waals surface area contributed by atoms with Crippen LogP contribution >= 0.6 is 11.6 Å². The number of halogens is 1. The zero-order valence-electron chi connectivity index (χ0n) is 21.3. The van der Waals surface area contributed by atoms with Gasteiger partial charge < -0.3 is 20.7 Å². The Labute approximate surface area is 227 Å². The van der Waals surface area contributed by atoms with Crippen LogP contribution in [0, 0.1) is 11.8 Å². The number of carbonyl (C=O) groups is 4. The van der Waals surface area contributed by atoms with Gasteiger partial charge in [-0.3, -0.25) is 19.1 Å². The number of benzene rings is 1. The van der Waals surface area contributed by atoms with Crippen molar-refractivity contribution in [3.05, 3.63) is 34.9 Å². The Morgan fingerprint density at radius 3 is 2.39 bits per heavy atom. The van der Waals surface area contributed by atoms with Gasteiger partial charge in [0.05, 0.1) is 6.26 Å². The summed E-state index contributed by atoms with van der Waals surface area (Å²) in [6.45, 7) is 0.378. The third-order valence-corrected chi connectivity index (χ3v) is 7.57. The van der Waals surface area contributed by atoms with Gasteiger partial charge >= 0.3 is 6.09 Å². The molecule has 0 spiro atoms. The van der Waals surface area contributed by atoms with Crippen molar-refractivity contribution in [2.24, 2.45) is 11.8 Å². The molecule has 3 rings (SSSR count). The van der Waals surface area contributed by atoms with Crippen LogP contribution in [0.5, 0.6) is 0 Å². The third-order valence-electron chi connectivity index (χ3n) is 6.76. The molecule has 13 heteroatoms. The summed E-state index contributed by atoms with van der Waals surface area (Å²) in [5.41, 5.74) is 0.674. The SMILES string of the molecule is CS(=O)(=O)NC(=O)[C@H](C[C@@H]1CCNC1=O)NC(=O)[C@H](CC1CCCCC1)NC(=O)OCc1cccc(Cl)c1. The van der Waals surface area contributed by atoms with Crippen molar-refractivity contribution in [2.45, 2.75) is 70.1 Å². The van der Waals surface area contributed by atoms with Gasteiger partial charge in [0.1, 0.15) is 18.7 Å². The lowest BCUT2D eigenvalue weighted by atomic mass is 9.84. The summed E-state index contributed by atoms with van der Waals surface area (Å²) < 4.78 is 30.5. The lowest BCUT2D eigenvalue weighted by Gasteiger charge is -2.28. The summed E-state index contributed by atoms with van der Waals surface area (Å²) >= 11 is 5.97. The molecule has 1 aromatic carbocycles. The molecule has 2 fully saturated rings. The highest BCUT2D eigenvalue weighted by Gasteiger charge is 2.35. The molecule has 0 bridgehead atoms. The predicted molar refractivity (Wildman–Crippen MR) is 140 cm³/mol. The van der Waals surface area contributed by atoms with Gasteiger partial charge in [-0.15, -0.1) is 0 Å². The number of nitrogens with one attached hydrogen (secondary N) is 4. The van der Waals surface area contributed by atoms with Crippen LogP contribution in [0.4, 0.5) is 4.79 Å². The maximum atomic E-state index is 13.4. The lowest BCUT2D eigenvalue weighted by Crippen LogP contribution is -2.55. The van der Waals surface area contributed by atoms with Crippen molar-refractivity contribution in [3.63, 3.8) is 0 Å². The molecule has 0 aromatic heterocycles. The van der Waals surface area contributed by atoms with E-state index in [1.807, 2.05) is 4.72 Å². The number of sulfonamides is 1. The van der Waals surface area contributed by atoms with E-state index in [9.17, 15) is 27.6 Å². The molecule has 0 radical (unpaired) electrons. The Balaban J connectivity index is 1.71. The van der Waals surface area contributed by atoms with Crippen LogP contribution in [0.3, 0.4) is 0 Å². The van der Waals surface area contributed by atoms with Crippen LogP contribution in [0.2, 0.25) is 5.02 Å². The molecule has 1 heterocycles. The van der Waals surface area contributed by atoms with Gasteiger partial charge in [0.15, 0.2) is 0 Å². The first-order valence-electron chi connectivity index (χ1n) is 12.8. The molecule has 38 heavy (non-hydrogen) atoms. The molecule has 4 amide bonds. The highest BCUT2D eigenvalue weighted by atomic mass is 35.5. The van der Waals surface area contributed by atoms with Gasteiger partial charge in [-0.05, 0) is 42.9 Å². The molecule has 2 aliphatic rings. The summed E-state index contributed by atoms with van der Waals surface area (Å²) in [5.74, 6) is -2.23. The second kappa shape index (κ2) is 13.8. The van der Waals surface area contributed by atoms with Gasteiger partial charge in [-0.2, -0.15) is 0 Å². The number of carbonyl (C=O) groups excluding carboxylic acids is 4. The van der Waals surface area contributed by atoms with Gasteiger partial charge in [-0.25, -0.2) is 13.2 Å². The minimum absolute atomic E-state index is 0.0552. The maximum absolute atomic E-state index is 13.4. The number of amides is 4. The standard InChI is InChI=1S/C25H35ClN4O7S/c1-38(35,36)30-24(33)21(14-18-10-11-27-22(18)31)28-23(32)20(13-16-6-3-2-4-7-16)29-25(34)37-15-17-8-5-9-19(26)12-17/h5,8-9,12,16,18,20-21H,2-4,6-7,10-11,13-15H2,1H3,(H,27,31)(H,28,32)(H,29,34)(H,30,33)/t18-,20-,21-/m0/s1. The third kappa shape index (κ3) is 9.79. The number of hydrogen-bond acceptors (Lipinski definition) is 7. The van der Waals surface area contributed by atoms with Crippen molar-refractivity contribution >= 4 is 45.4 Å². The first-order valence-corrected chi connectivity index (χ1v) is 15.0. The molecular weight excluding hydrogens is 536 g/mol. The minimum Gasteiger partial charge on any atom is -0.445 e. The van der Waals surface area contributed by atoms with E-state index in [4.69, 9.17) is 16.3 Å². The van der Waals surface area contributed by atoms with E-state index in [0.717, 1.165) is 38.4 Å². The van der Waals surface area contributed by atoms with Crippen molar-refractivity contribution in [1.29, 1.82) is 0 Å². The molecule has 1 saturated carbocycles. The van der Waals surface area contributed by atoms with Crippen molar-refractivity contribution < 1.29 is 32.3 Å². The Hall–Kier alpha value is -2.86. The Morgan fingerprint density at radius 2 is 1.76 bits per heavy atom. The average Bonchev–Trinajstić information content (AvgIpc) is 3.25. The zero-order valence-corrected chi connectivity index (χ0v) is 22.9. The molecule has 4 N–H and O–H groups in total. The average molecular weight is 571 g/mol. The number of rotatable bonds is 11. The first kappa shape index (κ1) is 29.7. The second-order valence-electron chi connectivity index (χ2n) is 9.95. The van der Waals surface area contributed by atoms with E-state index in [1.165, 1.54) is 0 Å². The van der Waals surface area contributed by atoms with Crippen LogP contribution in [0.1, 0.15) is 56.9 Å². The molecule has 1 saturated heterocycles. The van der Waals surface area contributed by atoms with E-state index in [1.54, 1.807) is 24.3 Å². The van der Waals surface area contributed by atoms with Crippen molar-refractivity contribution in [1.82, 2.24) is 20.7 Å². The van der Waals surface area contributed by atoms with Gasteiger partial charge in [0, 0.05) is 17.5 Å². The van der Waals surface area contributed by atoms with Crippen molar-refractivity contribution in [3.8, 4) is 0 Å². The summed E-state index contributed by atoms with van der Waals surface area (Å²) in [7, 11) is -3.90. The monoisotopic (exact) mass is 570 g/mol. The first-order chi connectivity index (χ1) is 18.0. The Morgan fingerprint density at radius 1 is 1.05 bits per heavy atom. The normalized spacial score (nSPS) is 19.6. The number of hydrogen-bond donors (Lipinski definition) is 4. The molecule has 210 valence electrons. The zero-order chi connectivity index (χ0) is 27.7. The fraction of sp³-hybridized carbons (Fsp3) is 0.600. The van der Waals surface area contributed by atoms with E-state index < -0.39 is 45.9 Å². The summed E-state index contributed by atoms with van der Waals surface area (Å²) in [6.07, 6.45) is 5.70. The Bertz CT molecular complexity index is 1120. The quantitative estimate of drug-likeness (QED) is 0.316. The fourth-order valence-corrected chi connectivity index (χ4v) is 5.58. The molecule has 11 nitrogen and oxygen atoms in total. The Kier molecular flexibility index (Phi) is 10.8. The molecule has 1 aromatic rings. The summed E-state index contributed by atoms with van der Waals surface area (Å²) in [5, 5.41) is 8.35. The second-order valence-corrected chi connectivity index (χ2v) is 12.1. The maximum Gasteiger partial charge on any atom is 0.408 e. The van der Waals surface area contributed by atoms with Crippen LogP contribution < -0.4 is 20.7 Å². The van der Waals surface area contributed by atoms with Crippen molar-refractivity contribution in [2.75, 3.05) is 12.8 Å². The van der Waals surface area contributed by atoms with Crippen LogP contribution in [-0.2, 0) is 35.8 Å². The van der Waals surface area contributed by atoms with E-state index in [-0.39, 0.29) is 24.9 Å². The van der Waals surface area contributed by atoms with Crippen LogP contribution in [-0.4, -0.2) is 57.1 Å². The predicted octanol–water partition coefficient (Wildman–Crippen LogP) is 1.99. The topological polar surface area (TPSA) is 160 Å². The summed E-state index contributed by atoms with van der Waals surface area (Å²) in [6, 6.07) is 4.52. The molecular formula is C25H35ClN4O7S. The number of ether oxygens (including phenoxy) is 1. The van der Waals surface area contributed by atoms with E-state index in [2.05, 4.69) is 16.0 Å². The number of alkyl carbamates (subject to hydrolysis) is 1. The molecule has 0 unspecified atom stereocenters. The highest BCUT2D eigenvalue weighted by Crippen LogP contribution is 2.27. The molecule has 1 aliphatic carbocycles. The molecule has 3 atom stereocenters. The fourth-order valence-electron chi connectivity index (χ4n) is 4.86. The minimum atomic E-state index is -3.90. The molecule has 1 aliphatic heterocycles. The van der Waals surface area contributed by atoms with Gasteiger partial charge in [-0.1, -0.05) is 55.8 Å². The largest absolute Gasteiger partial charge is 0.445 e. The van der Waals surface area contributed by atoms with Gasteiger partial charge in [0.25, 0.3) is 5.91 Å². The highest BCUT2D eigenvalue weighted by molar-refractivity contribution is 7.89. The van der Waals surface area contributed by atoms with E-state index >= 15 is 0 Å². The summed E-state index contributed by atoms with van der Waals surface area (Å²) in [4.78, 5) is 50.9. The van der Waals surface area contributed by atoms with Crippen LogP contribution in [0.25, 0.3) is 0 Å². The van der Waals surface area contributed by atoms with Gasteiger partial charge in [0.2, 0.25) is 21.8 Å². The van der Waals surface area contributed by atoms with E-state index in [0.29, 0.717) is 30.0 Å².